The van der Waals surface area contributed by atoms with Gasteiger partial charge in [0.1, 0.15) is 5.01 Å². The van der Waals surface area contributed by atoms with E-state index in [2.05, 4.69) is 32.4 Å². The number of amides is 1. The van der Waals surface area contributed by atoms with E-state index in [1.54, 1.807) is 24.3 Å². The van der Waals surface area contributed by atoms with E-state index >= 15 is 0 Å². The van der Waals surface area contributed by atoms with E-state index in [1.807, 2.05) is 6.92 Å². The average molecular weight is 406 g/mol. The Balaban J connectivity index is 1.46. The van der Waals surface area contributed by atoms with Crippen molar-refractivity contribution in [2.24, 2.45) is 0 Å². The Morgan fingerprint density at radius 1 is 1.15 bits per heavy atom. The molecule has 1 N–H and O–H groups in total. The van der Waals surface area contributed by atoms with Gasteiger partial charge in [-0.25, -0.2) is 0 Å². The number of hydrogen-bond acceptors (Lipinski definition) is 8. The van der Waals surface area contributed by atoms with Crippen LogP contribution in [0.15, 0.2) is 28.6 Å². The molecule has 0 aliphatic carbocycles. The number of anilines is 1. The maximum Gasteiger partial charge on any atom is 0.234 e. The fourth-order valence-corrected chi connectivity index (χ4v) is 4.32. The highest BCUT2D eigenvalue weighted by Crippen LogP contribution is 2.22. The molecule has 1 aliphatic rings. The fourth-order valence-electron chi connectivity index (χ4n) is 2.70. The minimum absolute atomic E-state index is 0.107. The van der Waals surface area contributed by atoms with E-state index in [-0.39, 0.29) is 17.4 Å². The van der Waals surface area contributed by atoms with Gasteiger partial charge < -0.3 is 10.2 Å². The lowest BCUT2D eigenvalue weighted by atomic mass is 10.1. The van der Waals surface area contributed by atoms with Crippen molar-refractivity contribution in [3.63, 3.8) is 0 Å². The van der Waals surface area contributed by atoms with Crippen molar-refractivity contribution in [3.8, 4) is 0 Å². The molecule has 9 heteroatoms. The van der Waals surface area contributed by atoms with Crippen LogP contribution in [-0.4, -0.2) is 77.2 Å². The van der Waals surface area contributed by atoms with Crippen LogP contribution in [0.5, 0.6) is 0 Å². The summed E-state index contributed by atoms with van der Waals surface area (Å²) in [5.74, 6) is 0.280. The number of nitrogens with zero attached hydrogens (tertiary/aromatic N) is 4. The van der Waals surface area contributed by atoms with Crippen LogP contribution < -0.4 is 5.32 Å². The number of Topliss-reactive ketones (excluding diaryl/α,β-unsaturated/α-hetero) is 1. The zero-order chi connectivity index (χ0) is 19.2. The number of aryl methyl sites for hydroxylation is 1. The molecule has 0 radical (unpaired) electrons. The molecular weight excluding hydrogens is 382 g/mol. The van der Waals surface area contributed by atoms with E-state index in [4.69, 9.17) is 0 Å². The van der Waals surface area contributed by atoms with Crippen molar-refractivity contribution in [3.05, 3.63) is 34.8 Å². The first-order valence-electron chi connectivity index (χ1n) is 8.76. The number of thioether (sulfide) groups is 1. The molecule has 0 spiro atoms. The fraction of sp³-hybridized carbons (Fsp3) is 0.444. The minimum atomic E-state index is -0.107. The third-order valence-corrected chi connectivity index (χ3v) is 6.26. The van der Waals surface area contributed by atoms with Crippen molar-refractivity contribution in [1.82, 2.24) is 20.0 Å². The second kappa shape index (κ2) is 9.41. The minimum Gasteiger partial charge on any atom is -0.325 e. The van der Waals surface area contributed by atoms with Crippen molar-refractivity contribution in [1.29, 1.82) is 0 Å². The first kappa shape index (κ1) is 19.9. The molecule has 0 atom stereocenters. The lowest BCUT2D eigenvalue weighted by molar-refractivity contribution is -0.113. The lowest BCUT2D eigenvalue weighted by Crippen LogP contribution is -2.46. The molecule has 1 aromatic carbocycles. The van der Waals surface area contributed by atoms with Crippen LogP contribution in [0.2, 0.25) is 0 Å². The maximum atomic E-state index is 12.4. The van der Waals surface area contributed by atoms with Gasteiger partial charge in [0.25, 0.3) is 0 Å². The smallest absolute Gasteiger partial charge is 0.234 e. The highest BCUT2D eigenvalue weighted by atomic mass is 32.2. The predicted octanol–water partition coefficient (Wildman–Crippen LogP) is 2.01. The van der Waals surface area contributed by atoms with Gasteiger partial charge in [0.05, 0.1) is 12.3 Å². The summed E-state index contributed by atoms with van der Waals surface area (Å²) in [6.07, 6.45) is 0. The van der Waals surface area contributed by atoms with Crippen molar-refractivity contribution >= 4 is 40.5 Å². The normalized spacial score (nSPS) is 15.6. The van der Waals surface area contributed by atoms with Gasteiger partial charge in [-0.2, -0.15) is 0 Å². The van der Waals surface area contributed by atoms with Gasteiger partial charge >= 0.3 is 0 Å². The van der Waals surface area contributed by atoms with Gasteiger partial charge in [-0.1, -0.05) is 23.1 Å². The molecule has 7 nitrogen and oxygen atoms in total. The Labute approximate surface area is 167 Å². The van der Waals surface area contributed by atoms with Gasteiger partial charge in [0, 0.05) is 37.4 Å². The summed E-state index contributed by atoms with van der Waals surface area (Å²) in [7, 11) is 2.10. The van der Waals surface area contributed by atoms with Crippen LogP contribution in [0.1, 0.15) is 15.4 Å². The van der Waals surface area contributed by atoms with Crippen LogP contribution in [0.4, 0.5) is 5.69 Å². The molecule has 1 aliphatic heterocycles. The monoisotopic (exact) mass is 405 g/mol. The molecule has 0 unspecified atom stereocenters. The predicted molar refractivity (Wildman–Crippen MR) is 109 cm³/mol. The molecule has 1 fully saturated rings. The molecule has 0 bridgehead atoms. The number of nitrogens with one attached hydrogen (secondary N) is 1. The highest BCUT2D eigenvalue weighted by Gasteiger charge is 2.17. The first-order valence-corrected chi connectivity index (χ1v) is 10.6. The van der Waals surface area contributed by atoms with E-state index in [9.17, 15) is 9.59 Å². The standard InChI is InChI=1S/C18H23N5O2S2/c1-13-20-21-18(27-13)26-12-17(25)19-15-5-3-14(4-6-15)16(24)11-23-9-7-22(2)8-10-23/h3-6H,7-12H2,1-2H3,(H,19,25). The van der Waals surface area contributed by atoms with Gasteiger partial charge in [0.15, 0.2) is 10.1 Å². The van der Waals surface area contributed by atoms with E-state index in [0.717, 1.165) is 35.5 Å². The SMILES string of the molecule is Cc1nnc(SCC(=O)Nc2ccc(C(=O)CN3CCN(C)CC3)cc2)s1. The Hall–Kier alpha value is -1.81. The molecule has 27 heavy (non-hydrogen) atoms. The summed E-state index contributed by atoms with van der Waals surface area (Å²) in [5, 5.41) is 11.6. The number of aromatic nitrogens is 2. The number of rotatable bonds is 7. The van der Waals surface area contributed by atoms with Gasteiger partial charge in [-0.15, -0.1) is 10.2 Å². The first-order chi connectivity index (χ1) is 13.0. The second-order valence-corrected chi connectivity index (χ2v) is 8.91. The van der Waals surface area contributed by atoms with Crippen LogP contribution in [0.3, 0.4) is 0 Å². The Morgan fingerprint density at radius 3 is 2.48 bits per heavy atom. The second-order valence-electron chi connectivity index (χ2n) is 6.50. The number of benzene rings is 1. The molecule has 1 saturated heterocycles. The summed E-state index contributed by atoms with van der Waals surface area (Å²) in [4.78, 5) is 28.9. The molecule has 1 amide bonds. The molecule has 2 heterocycles. The molecule has 144 valence electrons. The molecule has 1 aromatic heterocycles. The molecule has 0 saturated carbocycles. The molecule has 2 aromatic rings. The number of carbonyl (C=O) groups excluding carboxylic acids is 2. The van der Waals surface area contributed by atoms with Crippen LogP contribution in [0, 0.1) is 6.92 Å². The van der Waals surface area contributed by atoms with Gasteiger partial charge in [-0.05, 0) is 38.2 Å². The quantitative estimate of drug-likeness (QED) is 0.558. The number of carbonyl (C=O) groups is 2. The Kier molecular flexibility index (Phi) is 6.95. The summed E-state index contributed by atoms with van der Waals surface area (Å²) < 4.78 is 0.785. The third-order valence-electron chi connectivity index (χ3n) is 4.29. The lowest BCUT2D eigenvalue weighted by Gasteiger charge is -2.31. The van der Waals surface area contributed by atoms with Gasteiger partial charge in [-0.3, -0.25) is 14.5 Å². The average Bonchev–Trinajstić information content (AvgIpc) is 3.08. The summed E-state index contributed by atoms with van der Waals surface area (Å²) in [5.41, 5.74) is 1.36. The van der Waals surface area contributed by atoms with Crippen LogP contribution in [-0.2, 0) is 4.79 Å². The highest BCUT2D eigenvalue weighted by molar-refractivity contribution is 8.01. The van der Waals surface area contributed by atoms with Crippen LogP contribution >= 0.6 is 23.1 Å². The third kappa shape index (κ3) is 6.10. The largest absolute Gasteiger partial charge is 0.325 e. The number of hydrogen-bond donors (Lipinski definition) is 1. The van der Waals surface area contributed by atoms with Crippen molar-refractivity contribution in [2.75, 3.05) is 50.8 Å². The van der Waals surface area contributed by atoms with E-state index in [1.165, 1.54) is 23.1 Å². The number of piperazine rings is 1. The zero-order valence-electron chi connectivity index (χ0n) is 15.5. The molecule has 3 rings (SSSR count). The van der Waals surface area contributed by atoms with Crippen LogP contribution in [0.25, 0.3) is 0 Å². The van der Waals surface area contributed by atoms with E-state index < -0.39 is 0 Å². The summed E-state index contributed by atoms with van der Waals surface area (Å²) >= 11 is 2.84. The Bertz CT molecular complexity index is 785. The number of ketones is 1. The molecular formula is C18H23N5O2S2. The van der Waals surface area contributed by atoms with E-state index in [0.29, 0.717) is 17.8 Å². The topological polar surface area (TPSA) is 78.4 Å². The summed E-state index contributed by atoms with van der Waals surface area (Å²) in [6, 6.07) is 7.09. The summed E-state index contributed by atoms with van der Waals surface area (Å²) in [6.45, 7) is 6.15. The Morgan fingerprint density at radius 2 is 1.85 bits per heavy atom. The van der Waals surface area contributed by atoms with Crippen molar-refractivity contribution in [2.45, 2.75) is 11.3 Å². The maximum absolute atomic E-state index is 12.4. The van der Waals surface area contributed by atoms with Gasteiger partial charge in [0.2, 0.25) is 5.91 Å². The number of likely N-dealkylation sites (N-methyl/N-ethyl adjacent to an activating group) is 1. The zero-order valence-corrected chi connectivity index (χ0v) is 17.1. The van der Waals surface area contributed by atoms with Crippen molar-refractivity contribution < 1.29 is 9.59 Å².